The van der Waals surface area contributed by atoms with E-state index in [0.29, 0.717) is 6.04 Å². The molecule has 0 aliphatic carbocycles. The minimum Gasteiger partial charge on any atom is -0.258 e. The fourth-order valence-corrected chi connectivity index (χ4v) is 1.86. The molecule has 0 heterocycles. The van der Waals surface area contributed by atoms with Gasteiger partial charge >= 0.3 is 0 Å². The number of nitrogens with zero attached hydrogens (tertiary/aromatic N) is 1. The van der Waals surface area contributed by atoms with Crippen LogP contribution in [-0.2, 0) is 0 Å². The van der Waals surface area contributed by atoms with E-state index in [1.165, 1.54) is 6.42 Å². The van der Waals surface area contributed by atoms with E-state index in [1.807, 2.05) is 7.05 Å². The van der Waals surface area contributed by atoms with Crippen LogP contribution in [-0.4, -0.2) is 25.1 Å². The maximum atomic E-state index is 3.17. The molecule has 0 aliphatic heterocycles. The smallest absolute Gasteiger partial charge is 0.0242 e. The van der Waals surface area contributed by atoms with E-state index in [2.05, 4.69) is 45.2 Å². The van der Waals surface area contributed by atoms with Crippen molar-refractivity contribution in [3.05, 3.63) is 0 Å². The average molecular weight is 172 g/mol. The summed E-state index contributed by atoms with van der Waals surface area (Å²) in [5.41, 5.74) is 3.17. The van der Waals surface area contributed by atoms with Gasteiger partial charge in [0.25, 0.3) is 0 Å². The standard InChI is InChI=1S/C10H24N2/c1-7-10(8(2)3)9(4)12(6)11-5/h8-11H,7H2,1-6H3. The van der Waals surface area contributed by atoms with Crippen molar-refractivity contribution in [3.63, 3.8) is 0 Å². The van der Waals surface area contributed by atoms with Gasteiger partial charge in [-0.05, 0) is 25.8 Å². The second-order valence-electron chi connectivity index (χ2n) is 3.89. The maximum Gasteiger partial charge on any atom is 0.0242 e. The molecular weight excluding hydrogens is 148 g/mol. The predicted molar refractivity (Wildman–Crippen MR) is 54.9 cm³/mol. The highest BCUT2D eigenvalue weighted by Gasteiger charge is 2.21. The van der Waals surface area contributed by atoms with Crippen molar-refractivity contribution >= 4 is 0 Å². The molecule has 0 saturated carbocycles. The molecule has 74 valence electrons. The molecule has 0 bridgehead atoms. The van der Waals surface area contributed by atoms with Crippen LogP contribution in [0.4, 0.5) is 0 Å². The lowest BCUT2D eigenvalue weighted by Crippen LogP contribution is -2.44. The summed E-state index contributed by atoms with van der Waals surface area (Å²) in [5, 5.41) is 2.19. The second kappa shape index (κ2) is 5.55. The highest BCUT2D eigenvalue weighted by atomic mass is 15.5. The van der Waals surface area contributed by atoms with Gasteiger partial charge in [-0.25, -0.2) is 5.01 Å². The fourth-order valence-electron chi connectivity index (χ4n) is 1.86. The molecule has 2 nitrogen and oxygen atoms in total. The summed E-state index contributed by atoms with van der Waals surface area (Å²) in [5.74, 6) is 1.54. The minimum atomic E-state index is 0.611. The Morgan fingerprint density at radius 3 is 2.00 bits per heavy atom. The van der Waals surface area contributed by atoms with Gasteiger partial charge in [0.15, 0.2) is 0 Å². The molecule has 0 fully saturated rings. The third kappa shape index (κ3) is 3.11. The zero-order valence-electron chi connectivity index (χ0n) is 9.39. The Bertz CT molecular complexity index is 112. The van der Waals surface area contributed by atoms with Gasteiger partial charge in [-0.3, -0.25) is 5.43 Å². The van der Waals surface area contributed by atoms with E-state index in [9.17, 15) is 0 Å². The molecule has 2 unspecified atom stereocenters. The van der Waals surface area contributed by atoms with Gasteiger partial charge in [-0.15, -0.1) is 0 Å². The van der Waals surface area contributed by atoms with Gasteiger partial charge in [0.1, 0.15) is 0 Å². The Hall–Kier alpha value is -0.0800. The van der Waals surface area contributed by atoms with Gasteiger partial charge in [0, 0.05) is 13.1 Å². The van der Waals surface area contributed by atoms with Crippen LogP contribution < -0.4 is 5.43 Å². The van der Waals surface area contributed by atoms with Crippen molar-refractivity contribution in [1.29, 1.82) is 0 Å². The molecular formula is C10H24N2. The fraction of sp³-hybridized carbons (Fsp3) is 1.00. The SMILES string of the molecule is CCC(C(C)C)C(C)N(C)NC. The molecule has 0 rings (SSSR count). The van der Waals surface area contributed by atoms with Crippen molar-refractivity contribution < 1.29 is 0 Å². The Morgan fingerprint density at radius 2 is 1.75 bits per heavy atom. The normalized spacial score (nSPS) is 17.0. The van der Waals surface area contributed by atoms with Crippen LogP contribution in [0.25, 0.3) is 0 Å². The van der Waals surface area contributed by atoms with Crippen LogP contribution in [0.1, 0.15) is 34.1 Å². The van der Waals surface area contributed by atoms with E-state index in [0.717, 1.165) is 11.8 Å². The van der Waals surface area contributed by atoms with Gasteiger partial charge in [0.05, 0.1) is 0 Å². The quantitative estimate of drug-likeness (QED) is 0.639. The van der Waals surface area contributed by atoms with E-state index < -0.39 is 0 Å². The lowest BCUT2D eigenvalue weighted by atomic mass is 9.87. The third-order valence-electron chi connectivity index (χ3n) is 2.91. The van der Waals surface area contributed by atoms with Crippen LogP contribution in [0, 0.1) is 11.8 Å². The summed E-state index contributed by atoms with van der Waals surface area (Å²) >= 11 is 0. The van der Waals surface area contributed by atoms with Crippen molar-refractivity contribution in [2.24, 2.45) is 11.8 Å². The lowest BCUT2D eigenvalue weighted by Gasteiger charge is -2.33. The van der Waals surface area contributed by atoms with Crippen LogP contribution in [0.15, 0.2) is 0 Å². The molecule has 2 atom stereocenters. The highest BCUT2D eigenvalue weighted by Crippen LogP contribution is 2.21. The maximum absolute atomic E-state index is 3.17. The monoisotopic (exact) mass is 172 g/mol. The average Bonchev–Trinajstić information content (AvgIpc) is 2.03. The van der Waals surface area contributed by atoms with E-state index in [4.69, 9.17) is 0 Å². The molecule has 0 aromatic rings. The Morgan fingerprint density at radius 1 is 1.25 bits per heavy atom. The first kappa shape index (κ1) is 11.9. The Labute approximate surface area is 77.3 Å². The summed E-state index contributed by atoms with van der Waals surface area (Å²) in [6.07, 6.45) is 1.25. The number of hydrogen-bond acceptors (Lipinski definition) is 2. The van der Waals surface area contributed by atoms with Crippen LogP contribution >= 0.6 is 0 Å². The summed E-state index contributed by atoms with van der Waals surface area (Å²) in [7, 11) is 4.08. The molecule has 1 N–H and O–H groups in total. The second-order valence-corrected chi connectivity index (χ2v) is 3.89. The lowest BCUT2D eigenvalue weighted by molar-refractivity contribution is 0.113. The number of hydrogen-bond donors (Lipinski definition) is 1. The van der Waals surface area contributed by atoms with E-state index in [1.54, 1.807) is 0 Å². The van der Waals surface area contributed by atoms with Gasteiger partial charge in [-0.2, -0.15) is 0 Å². The molecule has 0 radical (unpaired) electrons. The topological polar surface area (TPSA) is 15.3 Å². The van der Waals surface area contributed by atoms with Crippen LogP contribution in [0.5, 0.6) is 0 Å². The third-order valence-corrected chi connectivity index (χ3v) is 2.91. The first-order valence-corrected chi connectivity index (χ1v) is 4.94. The van der Waals surface area contributed by atoms with E-state index in [-0.39, 0.29) is 0 Å². The molecule has 2 heteroatoms. The number of rotatable bonds is 5. The number of hydrazine groups is 1. The predicted octanol–water partition coefficient (Wildman–Crippen LogP) is 2.12. The van der Waals surface area contributed by atoms with Crippen LogP contribution in [0.2, 0.25) is 0 Å². The highest BCUT2D eigenvalue weighted by molar-refractivity contribution is 4.72. The number of nitrogens with one attached hydrogen (secondary N) is 1. The zero-order chi connectivity index (χ0) is 9.72. The molecule has 0 aromatic heterocycles. The summed E-state index contributed by atoms with van der Waals surface area (Å²) in [6, 6.07) is 0.611. The van der Waals surface area contributed by atoms with Crippen molar-refractivity contribution in [2.75, 3.05) is 14.1 Å². The first-order valence-electron chi connectivity index (χ1n) is 4.94. The molecule has 0 saturated heterocycles. The summed E-state index contributed by atoms with van der Waals surface area (Å²) < 4.78 is 0. The van der Waals surface area contributed by atoms with Gasteiger partial charge in [0.2, 0.25) is 0 Å². The summed E-state index contributed by atoms with van der Waals surface area (Å²) in [4.78, 5) is 0. The molecule has 0 aliphatic rings. The van der Waals surface area contributed by atoms with Crippen molar-refractivity contribution in [3.8, 4) is 0 Å². The van der Waals surface area contributed by atoms with Crippen molar-refractivity contribution in [1.82, 2.24) is 10.4 Å². The minimum absolute atomic E-state index is 0.611. The van der Waals surface area contributed by atoms with E-state index >= 15 is 0 Å². The largest absolute Gasteiger partial charge is 0.258 e. The molecule has 0 amide bonds. The molecule has 0 aromatic carbocycles. The Balaban J connectivity index is 4.10. The molecule has 12 heavy (non-hydrogen) atoms. The molecule has 0 spiro atoms. The zero-order valence-corrected chi connectivity index (χ0v) is 9.39. The Kier molecular flexibility index (Phi) is 5.51. The van der Waals surface area contributed by atoms with Crippen LogP contribution in [0.3, 0.4) is 0 Å². The van der Waals surface area contributed by atoms with Crippen molar-refractivity contribution in [2.45, 2.75) is 40.2 Å². The van der Waals surface area contributed by atoms with Gasteiger partial charge < -0.3 is 0 Å². The van der Waals surface area contributed by atoms with Gasteiger partial charge in [-0.1, -0.05) is 27.2 Å². The summed E-state index contributed by atoms with van der Waals surface area (Å²) in [6.45, 7) is 9.15. The first-order chi connectivity index (χ1) is 5.54.